The lowest BCUT2D eigenvalue weighted by Crippen LogP contribution is -2.13. The van der Waals surface area contributed by atoms with Crippen LogP contribution in [0.1, 0.15) is 18.1 Å². The highest BCUT2D eigenvalue weighted by molar-refractivity contribution is 9.10. The van der Waals surface area contributed by atoms with Gasteiger partial charge in [-0.1, -0.05) is 35.0 Å². The molecule has 4 heteroatoms. The molecular weight excluding hydrogens is 316 g/mol. The van der Waals surface area contributed by atoms with Gasteiger partial charge < -0.3 is 5.32 Å². The number of benzene rings is 2. The Bertz CT molecular complexity index is 705. The van der Waals surface area contributed by atoms with Gasteiger partial charge in [-0.05, 0) is 42.3 Å². The number of hydrogen-bond donors (Lipinski definition) is 1. The molecule has 0 aliphatic carbocycles. The van der Waals surface area contributed by atoms with E-state index in [4.69, 9.17) is 0 Å². The zero-order chi connectivity index (χ0) is 14.1. The summed E-state index contributed by atoms with van der Waals surface area (Å²) in [6.45, 7) is 2.11. The lowest BCUT2D eigenvalue weighted by atomic mass is 10.1. The van der Waals surface area contributed by atoms with Crippen molar-refractivity contribution < 1.29 is 4.79 Å². The molecule has 0 atom stereocenters. The first-order valence-corrected chi connectivity index (χ1v) is 7.25. The Morgan fingerprint density at radius 1 is 1.15 bits per heavy atom. The summed E-state index contributed by atoms with van der Waals surface area (Å²) in [4.78, 5) is 16.5. The maximum absolute atomic E-state index is 12.0. The number of aliphatic imine (C=N–C) groups is 1. The number of anilines is 1. The Hall–Kier alpha value is -1.94. The van der Waals surface area contributed by atoms with Crippen LogP contribution in [0.25, 0.3) is 0 Å². The molecule has 0 spiro atoms. The normalized spacial score (nSPS) is 15.3. The molecule has 1 heterocycles. The Morgan fingerprint density at radius 3 is 2.60 bits per heavy atom. The highest BCUT2D eigenvalue weighted by atomic mass is 79.9. The van der Waals surface area contributed by atoms with Crippen molar-refractivity contribution in [3.8, 4) is 0 Å². The van der Waals surface area contributed by atoms with E-state index in [1.54, 1.807) is 0 Å². The molecule has 2 aromatic rings. The largest absolute Gasteiger partial charge is 0.320 e. The summed E-state index contributed by atoms with van der Waals surface area (Å²) in [6.07, 6.45) is 0.993. The first-order chi connectivity index (χ1) is 9.67. The minimum absolute atomic E-state index is 0.155. The molecule has 0 fully saturated rings. The molecule has 1 N–H and O–H groups in total. The number of rotatable bonds is 2. The third-order valence-electron chi connectivity index (χ3n) is 3.29. The molecule has 2 aromatic carbocycles. The smallest absolute Gasteiger partial charge is 0.275 e. The molecule has 20 heavy (non-hydrogen) atoms. The number of amides is 1. The summed E-state index contributed by atoms with van der Waals surface area (Å²) in [5.41, 5.74) is 4.16. The van der Waals surface area contributed by atoms with Gasteiger partial charge in [-0.3, -0.25) is 4.79 Å². The van der Waals surface area contributed by atoms with E-state index in [-0.39, 0.29) is 5.91 Å². The fourth-order valence-electron chi connectivity index (χ4n) is 2.17. The van der Waals surface area contributed by atoms with Crippen molar-refractivity contribution in [3.63, 3.8) is 0 Å². The summed E-state index contributed by atoms with van der Waals surface area (Å²) >= 11 is 3.42. The molecule has 0 unspecified atom stereocenters. The number of aryl methyl sites for hydroxylation is 1. The van der Waals surface area contributed by atoms with Crippen LogP contribution in [0.15, 0.2) is 51.9 Å². The lowest BCUT2D eigenvalue weighted by molar-refractivity contribution is -0.110. The molecule has 3 nitrogen and oxygen atoms in total. The molecule has 3 rings (SSSR count). The molecular formula is C16H13BrN2O. The second-order valence-corrected chi connectivity index (χ2v) is 5.54. The average Bonchev–Trinajstić information content (AvgIpc) is 2.76. The summed E-state index contributed by atoms with van der Waals surface area (Å²) in [6, 6.07) is 13.6. The second-order valence-electron chi connectivity index (χ2n) is 4.62. The van der Waals surface area contributed by atoms with Crippen LogP contribution in [-0.4, -0.2) is 11.6 Å². The molecule has 0 radical (unpaired) electrons. The first kappa shape index (κ1) is 13.1. The van der Waals surface area contributed by atoms with Crippen LogP contribution in [0.2, 0.25) is 0 Å². The quantitative estimate of drug-likeness (QED) is 0.886. The van der Waals surface area contributed by atoms with E-state index in [9.17, 15) is 4.79 Å². The molecule has 0 saturated heterocycles. The van der Waals surface area contributed by atoms with Gasteiger partial charge in [0, 0.05) is 10.0 Å². The van der Waals surface area contributed by atoms with Gasteiger partial charge in [0.25, 0.3) is 5.91 Å². The first-order valence-electron chi connectivity index (χ1n) is 6.46. The van der Waals surface area contributed by atoms with Crippen molar-refractivity contribution in [1.29, 1.82) is 0 Å². The number of nitrogens with zero attached hydrogens (tertiary/aromatic N) is 1. The molecule has 0 saturated carbocycles. The fourth-order valence-corrected chi connectivity index (χ4v) is 2.53. The lowest BCUT2D eigenvalue weighted by Gasteiger charge is -2.00. The van der Waals surface area contributed by atoms with Gasteiger partial charge in [-0.25, -0.2) is 4.99 Å². The third-order valence-corrected chi connectivity index (χ3v) is 3.78. The van der Waals surface area contributed by atoms with Gasteiger partial charge in [-0.15, -0.1) is 0 Å². The van der Waals surface area contributed by atoms with Crippen LogP contribution in [0.4, 0.5) is 11.4 Å². The van der Waals surface area contributed by atoms with E-state index >= 15 is 0 Å². The highest BCUT2D eigenvalue weighted by Crippen LogP contribution is 2.28. The van der Waals surface area contributed by atoms with Crippen molar-refractivity contribution in [1.82, 2.24) is 0 Å². The maximum Gasteiger partial charge on any atom is 0.275 e. The number of hydrogen-bond acceptors (Lipinski definition) is 2. The molecule has 1 aliphatic rings. The van der Waals surface area contributed by atoms with Crippen LogP contribution < -0.4 is 5.32 Å². The van der Waals surface area contributed by atoms with E-state index < -0.39 is 0 Å². The Morgan fingerprint density at radius 2 is 1.90 bits per heavy atom. The monoisotopic (exact) mass is 328 g/mol. The van der Waals surface area contributed by atoms with E-state index in [2.05, 4.69) is 33.2 Å². The zero-order valence-corrected chi connectivity index (χ0v) is 12.6. The van der Waals surface area contributed by atoms with Crippen molar-refractivity contribution in [2.24, 2.45) is 4.99 Å². The van der Waals surface area contributed by atoms with E-state index in [0.717, 1.165) is 27.8 Å². The number of nitrogens with one attached hydrogen (secondary N) is 1. The molecule has 1 aliphatic heterocycles. The Kier molecular flexibility index (Phi) is 3.40. The van der Waals surface area contributed by atoms with Crippen molar-refractivity contribution in [2.45, 2.75) is 13.3 Å². The Labute approximate surface area is 125 Å². The van der Waals surface area contributed by atoms with Crippen LogP contribution in [0.3, 0.4) is 0 Å². The van der Waals surface area contributed by atoms with Crippen LogP contribution >= 0.6 is 15.9 Å². The minimum Gasteiger partial charge on any atom is -0.320 e. The van der Waals surface area contributed by atoms with Gasteiger partial charge >= 0.3 is 0 Å². The van der Waals surface area contributed by atoms with E-state index in [1.807, 2.05) is 42.5 Å². The zero-order valence-electron chi connectivity index (χ0n) is 11.0. The summed E-state index contributed by atoms with van der Waals surface area (Å²) in [5, 5.41) is 2.83. The van der Waals surface area contributed by atoms with Crippen LogP contribution in [0.5, 0.6) is 0 Å². The minimum atomic E-state index is -0.155. The van der Waals surface area contributed by atoms with Gasteiger partial charge in [0.2, 0.25) is 0 Å². The SMILES string of the molecule is CCc1ccc(N=C2C(=O)Nc3ccc(Br)cc32)cc1. The van der Waals surface area contributed by atoms with Gasteiger partial charge in [0.15, 0.2) is 0 Å². The molecule has 0 bridgehead atoms. The molecule has 1 amide bonds. The van der Waals surface area contributed by atoms with E-state index in [1.165, 1.54) is 5.56 Å². The van der Waals surface area contributed by atoms with Gasteiger partial charge in [-0.2, -0.15) is 0 Å². The standard InChI is InChI=1S/C16H13BrN2O/c1-2-10-3-6-12(7-4-10)18-15-13-9-11(17)5-8-14(13)19-16(15)20/h3-9H,2H2,1H3,(H,18,19,20). The maximum atomic E-state index is 12.0. The van der Waals surface area contributed by atoms with E-state index in [0.29, 0.717) is 5.71 Å². The number of carbonyl (C=O) groups excluding carboxylic acids is 1. The van der Waals surface area contributed by atoms with Gasteiger partial charge in [0.1, 0.15) is 5.71 Å². The van der Waals surface area contributed by atoms with Gasteiger partial charge in [0.05, 0.1) is 11.4 Å². The summed E-state index contributed by atoms with van der Waals surface area (Å²) < 4.78 is 0.932. The predicted octanol–water partition coefficient (Wildman–Crippen LogP) is 4.08. The highest BCUT2D eigenvalue weighted by Gasteiger charge is 2.25. The van der Waals surface area contributed by atoms with Crippen molar-refractivity contribution >= 4 is 38.9 Å². The van der Waals surface area contributed by atoms with Crippen LogP contribution in [0, 0.1) is 0 Å². The van der Waals surface area contributed by atoms with Crippen molar-refractivity contribution in [2.75, 3.05) is 5.32 Å². The summed E-state index contributed by atoms with van der Waals surface area (Å²) in [5.74, 6) is -0.155. The molecule has 0 aromatic heterocycles. The number of fused-ring (bicyclic) bond motifs is 1. The number of carbonyl (C=O) groups is 1. The third kappa shape index (κ3) is 2.39. The summed E-state index contributed by atoms with van der Waals surface area (Å²) in [7, 11) is 0. The second kappa shape index (κ2) is 5.21. The molecule has 100 valence electrons. The number of halogens is 1. The average molecular weight is 329 g/mol. The van der Waals surface area contributed by atoms with Crippen molar-refractivity contribution in [3.05, 3.63) is 58.1 Å². The Balaban J connectivity index is 2.03. The van der Waals surface area contributed by atoms with Crippen LogP contribution in [-0.2, 0) is 11.2 Å². The fraction of sp³-hybridized carbons (Fsp3) is 0.125. The predicted molar refractivity (Wildman–Crippen MR) is 84.8 cm³/mol. The topological polar surface area (TPSA) is 41.5 Å².